The van der Waals surface area contributed by atoms with Gasteiger partial charge in [-0.2, -0.15) is 0 Å². The summed E-state index contributed by atoms with van der Waals surface area (Å²) < 4.78 is 0. The number of fused-ring (bicyclic) bond motifs is 1. The number of nitrogen functional groups attached to an aromatic ring is 1. The highest BCUT2D eigenvalue weighted by molar-refractivity contribution is 5.65. The molecule has 1 aliphatic rings. The summed E-state index contributed by atoms with van der Waals surface area (Å²) >= 11 is 0. The van der Waals surface area contributed by atoms with Crippen LogP contribution in [0.3, 0.4) is 0 Å². The van der Waals surface area contributed by atoms with E-state index in [1.54, 1.807) is 0 Å². The van der Waals surface area contributed by atoms with Crippen LogP contribution in [0.4, 0.5) is 5.69 Å². The molecular formula is C14H19N. The van der Waals surface area contributed by atoms with E-state index in [2.05, 4.69) is 45.1 Å². The Morgan fingerprint density at radius 3 is 2.60 bits per heavy atom. The van der Waals surface area contributed by atoms with Gasteiger partial charge in [0.1, 0.15) is 0 Å². The Labute approximate surface area is 92.0 Å². The second-order valence-corrected chi connectivity index (χ2v) is 5.33. The van der Waals surface area contributed by atoms with Gasteiger partial charge >= 0.3 is 0 Å². The van der Waals surface area contributed by atoms with Crippen LogP contribution in [0.2, 0.25) is 0 Å². The molecule has 1 aromatic rings. The van der Waals surface area contributed by atoms with Crippen LogP contribution in [-0.2, 0) is 11.8 Å². The number of allylic oxidation sites excluding steroid dienone is 1. The molecule has 1 aliphatic carbocycles. The zero-order valence-electron chi connectivity index (χ0n) is 9.80. The molecule has 0 saturated heterocycles. The first-order chi connectivity index (χ1) is 6.98. The number of benzene rings is 1. The summed E-state index contributed by atoms with van der Waals surface area (Å²) in [4.78, 5) is 0. The van der Waals surface area contributed by atoms with E-state index in [4.69, 9.17) is 5.73 Å². The molecule has 0 atom stereocenters. The largest absolute Gasteiger partial charge is 0.399 e. The fraction of sp³-hybridized carbons (Fsp3) is 0.429. The molecule has 15 heavy (non-hydrogen) atoms. The summed E-state index contributed by atoms with van der Waals surface area (Å²) in [7, 11) is 0. The molecule has 0 heterocycles. The van der Waals surface area contributed by atoms with Gasteiger partial charge in [-0.05, 0) is 47.1 Å². The second kappa shape index (κ2) is 3.41. The zero-order valence-corrected chi connectivity index (χ0v) is 9.80. The van der Waals surface area contributed by atoms with Crippen LogP contribution in [-0.4, -0.2) is 0 Å². The molecule has 0 fully saturated rings. The minimum atomic E-state index is 0.185. The van der Waals surface area contributed by atoms with E-state index in [0.717, 1.165) is 18.5 Å². The van der Waals surface area contributed by atoms with Gasteiger partial charge in [0.25, 0.3) is 0 Å². The van der Waals surface area contributed by atoms with E-state index in [1.807, 2.05) is 0 Å². The van der Waals surface area contributed by atoms with Crippen LogP contribution in [0, 0.1) is 0 Å². The Hall–Kier alpha value is -1.24. The topological polar surface area (TPSA) is 26.0 Å². The van der Waals surface area contributed by atoms with Gasteiger partial charge in [-0.15, -0.1) is 0 Å². The Morgan fingerprint density at radius 1 is 1.20 bits per heavy atom. The number of rotatable bonds is 0. The number of hydrogen-bond donors (Lipinski definition) is 1. The first-order valence-corrected chi connectivity index (χ1v) is 5.58. The molecule has 2 rings (SSSR count). The van der Waals surface area contributed by atoms with Crippen molar-refractivity contribution in [2.75, 3.05) is 5.73 Å². The molecule has 0 aliphatic heterocycles. The van der Waals surface area contributed by atoms with Gasteiger partial charge in [0, 0.05) is 5.69 Å². The molecular weight excluding hydrogens is 182 g/mol. The van der Waals surface area contributed by atoms with Gasteiger partial charge in [0.15, 0.2) is 0 Å². The predicted molar refractivity (Wildman–Crippen MR) is 66.9 cm³/mol. The van der Waals surface area contributed by atoms with Crippen molar-refractivity contribution in [3.8, 4) is 0 Å². The lowest BCUT2D eigenvalue weighted by molar-refractivity contribution is 0.582. The highest BCUT2D eigenvalue weighted by Gasteiger charge is 2.20. The Bertz CT molecular complexity index is 408. The van der Waals surface area contributed by atoms with Gasteiger partial charge in [0.2, 0.25) is 0 Å². The van der Waals surface area contributed by atoms with Gasteiger partial charge in [-0.25, -0.2) is 0 Å². The lowest BCUT2D eigenvalue weighted by Gasteiger charge is -2.26. The van der Waals surface area contributed by atoms with E-state index in [9.17, 15) is 0 Å². The molecule has 0 bridgehead atoms. The quantitative estimate of drug-likeness (QED) is 0.638. The SMILES string of the molecule is CC(C)(C)c1cc(N)cc2c1CCC=C2. The van der Waals surface area contributed by atoms with E-state index >= 15 is 0 Å². The Balaban J connectivity index is 2.64. The van der Waals surface area contributed by atoms with E-state index < -0.39 is 0 Å². The molecule has 0 amide bonds. The molecule has 1 heteroatoms. The lowest BCUT2D eigenvalue weighted by atomic mass is 9.79. The molecule has 0 spiro atoms. The van der Waals surface area contributed by atoms with Crippen LogP contribution in [0.15, 0.2) is 18.2 Å². The Kier molecular flexibility index (Phi) is 2.34. The van der Waals surface area contributed by atoms with Gasteiger partial charge in [-0.1, -0.05) is 32.9 Å². The smallest absolute Gasteiger partial charge is 0.0323 e. The first kappa shape index (κ1) is 10.3. The summed E-state index contributed by atoms with van der Waals surface area (Å²) in [5, 5.41) is 0. The summed E-state index contributed by atoms with van der Waals surface area (Å²) in [6.45, 7) is 6.75. The van der Waals surface area contributed by atoms with Crippen LogP contribution in [0.25, 0.3) is 6.08 Å². The number of hydrogen-bond acceptors (Lipinski definition) is 1. The third kappa shape index (κ3) is 1.92. The predicted octanol–water partition coefficient (Wildman–Crippen LogP) is 3.53. The van der Waals surface area contributed by atoms with Crippen LogP contribution in [0.5, 0.6) is 0 Å². The maximum atomic E-state index is 5.95. The summed E-state index contributed by atoms with van der Waals surface area (Å²) in [5.41, 5.74) is 11.2. The average molecular weight is 201 g/mol. The fourth-order valence-corrected chi connectivity index (χ4v) is 2.25. The third-order valence-corrected chi connectivity index (χ3v) is 2.97. The normalized spacial score (nSPS) is 15.1. The van der Waals surface area contributed by atoms with Gasteiger partial charge in [0.05, 0.1) is 0 Å². The summed E-state index contributed by atoms with van der Waals surface area (Å²) in [6.07, 6.45) is 6.73. The Morgan fingerprint density at radius 2 is 1.93 bits per heavy atom. The highest BCUT2D eigenvalue weighted by atomic mass is 14.5. The number of nitrogens with two attached hydrogens (primary N) is 1. The number of anilines is 1. The zero-order chi connectivity index (χ0) is 11.1. The minimum Gasteiger partial charge on any atom is -0.399 e. The fourth-order valence-electron chi connectivity index (χ4n) is 2.25. The van der Waals surface area contributed by atoms with Crippen LogP contribution < -0.4 is 5.73 Å². The molecule has 0 saturated carbocycles. The average Bonchev–Trinajstić information content (AvgIpc) is 2.15. The lowest BCUT2D eigenvalue weighted by Crippen LogP contribution is -2.16. The highest BCUT2D eigenvalue weighted by Crippen LogP contribution is 2.33. The van der Waals surface area contributed by atoms with E-state index in [1.165, 1.54) is 16.7 Å². The molecule has 80 valence electrons. The van der Waals surface area contributed by atoms with Gasteiger partial charge < -0.3 is 5.73 Å². The molecule has 1 nitrogen and oxygen atoms in total. The standard InChI is InChI=1S/C14H19N/c1-14(2,3)13-9-11(15)8-10-6-4-5-7-12(10)13/h4,6,8-9H,5,7,15H2,1-3H3. The molecule has 0 aromatic heterocycles. The maximum Gasteiger partial charge on any atom is 0.0323 e. The summed E-state index contributed by atoms with van der Waals surface area (Å²) in [6, 6.07) is 4.22. The minimum absolute atomic E-state index is 0.185. The van der Waals surface area contributed by atoms with Gasteiger partial charge in [-0.3, -0.25) is 0 Å². The molecule has 0 unspecified atom stereocenters. The van der Waals surface area contributed by atoms with Crippen molar-refractivity contribution in [2.24, 2.45) is 0 Å². The van der Waals surface area contributed by atoms with E-state index in [-0.39, 0.29) is 5.41 Å². The van der Waals surface area contributed by atoms with Crippen LogP contribution in [0.1, 0.15) is 43.9 Å². The molecule has 1 aromatic carbocycles. The van der Waals surface area contributed by atoms with Crippen molar-refractivity contribution in [1.29, 1.82) is 0 Å². The second-order valence-electron chi connectivity index (χ2n) is 5.33. The first-order valence-electron chi connectivity index (χ1n) is 5.58. The monoisotopic (exact) mass is 201 g/mol. The third-order valence-electron chi connectivity index (χ3n) is 2.97. The van der Waals surface area contributed by atoms with Crippen molar-refractivity contribution in [1.82, 2.24) is 0 Å². The molecule has 0 radical (unpaired) electrons. The van der Waals surface area contributed by atoms with Crippen molar-refractivity contribution >= 4 is 11.8 Å². The van der Waals surface area contributed by atoms with Crippen molar-refractivity contribution in [3.05, 3.63) is 34.9 Å². The van der Waals surface area contributed by atoms with E-state index in [0.29, 0.717) is 0 Å². The van der Waals surface area contributed by atoms with Crippen molar-refractivity contribution < 1.29 is 0 Å². The maximum absolute atomic E-state index is 5.95. The van der Waals surface area contributed by atoms with Crippen molar-refractivity contribution in [3.63, 3.8) is 0 Å². The van der Waals surface area contributed by atoms with Crippen molar-refractivity contribution in [2.45, 2.75) is 39.0 Å². The molecule has 2 N–H and O–H groups in total. The van der Waals surface area contributed by atoms with Crippen LogP contribution >= 0.6 is 0 Å². The summed E-state index contributed by atoms with van der Waals surface area (Å²) in [5.74, 6) is 0.